The van der Waals surface area contributed by atoms with Crippen molar-refractivity contribution in [3.8, 4) is 34.5 Å². The fraction of sp³-hybridized carbons (Fsp3) is 0.294. The lowest BCUT2D eigenvalue weighted by atomic mass is 9.89. The van der Waals surface area contributed by atoms with Crippen molar-refractivity contribution in [2.45, 2.75) is 12.3 Å². The molecule has 23 heavy (non-hydrogen) atoms. The van der Waals surface area contributed by atoms with Crippen LogP contribution in [0.4, 0.5) is 0 Å². The maximum atomic E-state index is 10.5. The molecule has 0 spiro atoms. The van der Waals surface area contributed by atoms with Gasteiger partial charge in [0.25, 0.3) is 0 Å². The summed E-state index contributed by atoms with van der Waals surface area (Å²) < 4.78 is 15.9. The standard InChI is InChI=1S/C17H18O6/c1-21-16-13(19)7-12(15(20)17(16)22-2)10-5-9-3-4-11(18)6-14(9)23-8-10/h3-4,6-7,10,18-20H,5,8H2,1-2H3. The molecule has 0 aromatic heterocycles. The van der Waals surface area contributed by atoms with Crippen molar-refractivity contribution >= 4 is 0 Å². The van der Waals surface area contributed by atoms with E-state index < -0.39 is 0 Å². The number of ether oxygens (including phenoxy) is 3. The lowest BCUT2D eigenvalue weighted by Crippen LogP contribution is -2.19. The van der Waals surface area contributed by atoms with Crippen molar-refractivity contribution in [3.63, 3.8) is 0 Å². The predicted molar refractivity (Wildman–Crippen MR) is 82.9 cm³/mol. The summed E-state index contributed by atoms with van der Waals surface area (Å²) >= 11 is 0. The van der Waals surface area contributed by atoms with Crippen molar-refractivity contribution in [1.29, 1.82) is 0 Å². The van der Waals surface area contributed by atoms with Gasteiger partial charge in [-0.05, 0) is 24.1 Å². The Morgan fingerprint density at radius 3 is 2.48 bits per heavy atom. The van der Waals surface area contributed by atoms with Crippen LogP contribution in [0.2, 0.25) is 0 Å². The van der Waals surface area contributed by atoms with E-state index in [2.05, 4.69) is 0 Å². The molecule has 0 amide bonds. The van der Waals surface area contributed by atoms with Crippen LogP contribution in [0.1, 0.15) is 17.0 Å². The number of aromatic hydroxyl groups is 3. The van der Waals surface area contributed by atoms with Gasteiger partial charge in [0.05, 0.1) is 20.8 Å². The van der Waals surface area contributed by atoms with Gasteiger partial charge in [-0.2, -0.15) is 0 Å². The van der Waals surface area contributed by atoms with E-state index in [1.54, 1.807) is 18.2 Å². The normalized spacial score (nSPS) is 16.3. The largest absolute Gasteiger partial charge is 0.508 e. The average molecular weight is 318 g/mol. The molecule has 2 aromatic carbocycles. The highest BCUT2D eigenvalue weighted by molar-refractivity contribution is 5.63. The Kier molecular flexibility index (Phi) is 3.82. The SMILES string of the molecule is COc1c(O)cc(C2COc3cc(O)ccc3C2)c(O)c1OC. The summed E-state index contributed by atoms with van der Waals surface area (Å²) in [6.45, 7) is 0.318. The summed E-state index contributed by atoms with van der Waals surface area (Å²) in [7, 11) is 2.79. The van der Waals surface area contributed by atoms with Crippen LogP contribution in [-0.4, -0.2) is 36.1 Å². The van der Waals surface area contributed by atoms with E-state index in [1.165, 1.54) is 20.3 Å². The fourth-order valence-corrected chi connectivity index (χ4v) is 2.89. The average Bonchev–Trinajstić information content (AvgIpc) is 2.55. The second-order valence-electron chi connectivity index (χ2n) is 5.40. The molecule has 122 valence electrons. The van der Waals surface area contributed by atoms with E-state index >= 15 is 0 Å². The highest BCUT2D eigenvalue weighted by atomic mass is 16.5. The molecule has 1 heterocycles. The monoisotopic (exact) mass is 318 g/mol. The molecule has 1 aliphatic heterocycles. The molecule has 0 saturated carbocycles. The highest BCUT2D eigenvalue weighted by Crippen LogP contribution is 2.49. The molecule has 0 saturated heterocycles. The van der Waals surface area contributed by atoms with Gasteiger partial charge >= 0.3 is 0 Å². The van der Waals surface area contributed by atoms with E-state index in [0.29, 0.717) is 24.3 Å². The van der Waals surface area contributed by atoms with Crippen molar-refractivity contribution in [3.05, 3.63) is 35.4 Å². The van der Waals surface area contributed by atoms with E-state index in [1.807, 2.05) is 0 Å². The number of fused-ring (bicyclic) bond motifs is 1. The third-order valence-corrected chi connectivity index (χ3v) is 4.02. The molecule has 1 aliphatic rings. The number of hydrogen-bond acceptors (Lipinski definition) is 6. The maximum absolute atomic E-state index is 10.5. The van der Waals surface area contributed by atoms with Crippen molar-refractivity contribution in [1.82, 2.24) is 0 Å². The summed E-state index contributed by atoms with van der Waals surface area (Å²) in [5.74, 6) is 0.637. The molecule has 0 fully saturated rings. The molecule has 0 aliphatic carbocycles. The molecular weight excluding hydrogens is 300 g/mol. The Hall–Kier alpha value is -2.76. The van der Waals surface area contributed by atoms with Crippen molar-refractivity contribution in [2.24, 2.45) is 0 Å². The second-order valence-corrected chi connectivity index (χ2v) is 5.40. The first-order valence-corrected chi connectivity index (χ1v) is 7.16. The van der Waals surface area contributed by atoms with Crippen molar-refractivity contribution in [2.75, 3.05) is 20.8 Å². The lowest BCUT2D eigenvalue weighted by Gasteiger charge is -2.27. The Morgan fingerprint density at radius 2 is 1.78 bits per heavy atom. The number of phenolic OH excluding ortho intramolecular Hbond substituents is 3. The zero-order valence-corrected chi connectivity index (χ0v) is 12.9. The number of phenols is 3. The third-order valence-electron chi connectivity index (χ3n) is 4.02. The second kappa shape index (κ2) is 5.79. The Balaban J connectivity index is 2.00. The number of methoxy groups -OCH3 is 2. The van der Waals surface area contributed by atoms with Gasteiger partial charge in [-0.3, -0.25) is 0 Å². The molecule has 6 nitrogen and oxygen atoms in total. The molecule has 0 radical (unpaired) electrons. The highest BCUT2D eigenvalue weighted by Gasteiger charge is 2.28. The van der Waals surface area contributed by atoms with Crippen LogP contribution in [0, 0.1) is 0 Å². The molecule has 1 unspecified atom stereocenters. The van der Waals surface area contributed by atoms with Gasteiger partial charge in [0, 0.05) is 17.5 Å². The quantitative estimate of drug-likeness (QED) is 0.754. The summed E-state index contributed by atoms with van der Waals surface area (Å²) in [5.41, 5.74) is 1.45. The number of benzene rings is 2. The Bertz CT molecular complexity index is 740. The first-order valence-electron chi connectivity index (χ1n) is 7.16. The van der Waals surface area contributed by atoms with Crippen LogP contribution < -0.4 is 14.2 Å². The van der Waals surface area contributed by atoms with Crippen LogP contribution in [0.25, 0.3) is 0 Å². The minimum absolute atomic E-state index is 0.0713. The number of hydrogen-bond donors (Lipinski definition) is 3. The van der Waals surface area contributed by atoms with E-state index in [9.17, 15) is 15.3 Å². The zero-order valence-electron chi connectivity index (χ0n) is 12.9. The van der Waals surface area contributed by atoms with Crippen molar-refractivity contribution < 1.29 is 29.5 Å². The Labute approximate surface area is 133 Å². The smallest absolute Gasteiger partial charge is 0.207 e. The molecule has 3 N–H and O–H groups in total. The molecule has 3 rings (SSSR count). The lowest BCUT2D eigenvalue weighted by molar-refractivity contribution is 0.255. The van der Waals surface area contributed by atoms with Crippen LogP contribution in [0.5, 0.6) is 34.5 Å². The zero-order chi connectivity index (χ0) is 16.6. The van der Waals surface area contributed by atoms with Gasteiger partial charge < -0.3 is 29.5 Å². The summed E-state index contributed by atoms with van der Waals surface area (Å²) in [4.78, 5) is 0. The first-order chi connectivity index (χ1) is 11.0. The van der Waals surface area contributed by atoms with Gasteiger partial charge in [-0.25, -0.2) is 0 Å². The first kappa shape index (κ1) is 15.1. The molecule has 2 aromatic rings. The molecule has 0 bridgehead atoms. The molecule has 6 heteroatoms. The van der Waals surface area contributed by atoms with E-state index in [4.69, 9.17) is 14.2 Å². The van der Waals surface area contributed by atoms with Gasteiger partial charge in [0.15, 0.2) is 11.5 Å². The van der Waals surface area contributed by atoms with E-state index in [-0.39, 0.29) is 34.7 Å². The Morgan fingerprint density at radius 1 is 1.04 bits per heavy atom. The van der Waals surface area contributed by atoms with Gasteiger partial charge in [0.2, 0.25) is 11.5 Å². The van der Waals surface area contributed by atoms with E-state index in [0.717, 1.165) is 5.56 Å². The van der Waals surface area contributed by atoms with Gasteiger partial charge in [-0.1, -0.05) is 6.07 Å². The van der Waals surface area contributed by atoms with Crippen LogP contribution in [0.3, 0.4) is 0 Å². The molecular formula is C17H18O6. The summed E-state index contributed by atoms with van der Waals surface area (Å²) in [6.07, 6.45) is 0.609. The fourth-order valence-electron chi connectivity index (χ4n) is 2.89. The van der Waals surface area contributed by atoms with Crippen LogP contribution >= 0.6 is 0 Å². The number of rotatable bonds is 3. The topological polar surface area (TPSA) is 88.4 Å². The third kappa shape index (κ3) is 2.56. The predicted octanol–water partition coefficient (Wildman–Crippen LogP) is 2.54. The maximum Gasteiger partial charge on any atom is 0.207 e. The minimum atomic E-state index is -0.155. The van der Waals surface area contributed by atoms with Crippen LogP contribution in [0.15, 0.2) is 24.3 Å². The van der Waals surface area contributed by atoms with Crippen LogP contribution in [-0.2, 0) is 6.42 Å². The summed E-state index contributed by atoms with van der Waals surface area (Å²) in [6, 6.07) is 6.42. The van der Waals surface area contributed by atoms with Gasteiger partial charge in [0.1, 0.15) is 11.5 Å². The minimum Gasteiger partial charge on any atom is -0.508 e. The van der Waals surface area contributed by atoms with Gasteiger partial charge in [-0.15, -0.1) is 0 Å². The molecule has 1 atom stereocenters. The summed E-state index contributed by atoms with van der Waals surface area (Å²) in [5, 5.41) is 30.1.